The van der Waals surface area contributed by atoms with Gasteiger partial charge in [-0.3, -0.25) is 4.90 Å². The van der Waals surface area contributed by atoms with Gasteiger partial charge in [-0.15, -0.1) is 0 Å². The monoisotopic (exact) mass is 429 g/mol. The Hall–Kier alpha value is -3.08. The molecule has 0 spiro atoms. The molecule has 1 N–H and O–H groups in total. The Morgan fingerprint density at radius 3 is 1.78 bits per heavy atom. The van der Waals surface area contributed by atoms with Gasteiger partial charge in [0.2, 0.25) is 0 Å². The van der Waals surface area contributed by atoms with Crippen molar-refractivity contribution < 1.29 is 13.9 Å². The van der Waals surface area contributed by atoms with Gasteiger partial charge in [0.25, 0.3) is 0 Å². The minimum atomic E-state index is -1.36. The molecule has 0 aliphatic carbocycles. The molecule has 0 fully saturated rings. The summed E-state index contributed by atoms with van der Waals surface area (Å²) in [6.07, 6.45) is 0. The molecular formula is C28H31NO3. The number of benzene rings is 2. The first-order chi connectivity index (χ1) is 15.4. The molecule has 0 aliphatic rings. The van der Waals surface area contributed by atoms with E-state index in [1.807, 2.05) is 91.9 Å². The summed E-state index contributed by atoms with van der Waals surface area (Å²) in [5, 5.41) is 11.9. The smallest absolute Gasteiger partial charge is 0.173 e. The van der Waals surface area contributed by atoms with E-state index in [4.69, 9.17) is 8.83 Å². The normalized spacial score (nSPS) is 12.1. The van der Waals surface area contributed by atoms with E-state index in [0.29, 0.717) is 24.8 Å². The number of hydrogen-bond donors (Lipinski definition) is 1. The SMILES string of the molecule is Cc1ccc(CN(Cc2ccc(C(O)(c3ccccc3)c3ccccc3)o2)CC(C)C)o1. The lowest BCUT2D eigenvalue weighted by Crippen LogP contribution is -2.28. The maximum absolute atomic E-state index is 11.9. The number of rotatable bonds is 9. The van der Waals surface area contributed by atoms with Gasteiger partial charge >= 0.3 is 0 Å². The zero-order valence-corrected chi connectivity index (χ0v) is 19.0. The number of nitrogens with zero attached hydrogens (tertiary/aromatic N) is 1. The van der Waals surface area contributed by atoms with E-state index in [1.165, 1.54) is 0 Å². The fourth-order valence-corrected chi connectivity index (χ4v) is 4.18. The molecule has 0 saturated carbocycles. The molecule has 0 aliphatic heterocycles. The Kier molecular flexibility index (Phi) is 6.63. The van der Waals surface area contributed by atoms with Crippen LogP contribution in [0, 0.1) is 12.8 Å². The standard InChI is InChI=1S/C28H31NO3/c1-21(2)18-29(19-25-15-14-22(3)31-25)20-26-16-17-27(32-26)28(30,23-10-6-4-7-11-23)24-12-8-5-9-13-24/h4-17,21,30H,18-20H2,1-3H3. The largest absolute Gasteiger partial charge is 0.465 e. The molecule has 4 rings (SSSR count). The summed E-state index contributed by atoms with van der Waals surface area (Å²) in [7, 11) is 0. The maximum atomic E-state index is 11.9. The van der Waals surface area contributed by atoms with E-state index in [2.05, 4.69) is 18.7 Å². The Morgan fingerprint density at radius 1 is 0.750 bits per heavy atom. The molecule has 0 bridgehead atoms. The van der Waals surface area contributed by atoms with Crippen molar-refractivity contribution in [1.29, 1.82) is 0 Å². The molecule has 0 radical (unpaired) electrons. The fourth-order valence-electron chi connectivity index (χ4n) is 4.18. The molecule has 4 nitrogen and oxygen atoms in total. The molecular weight excluding hydrogens is 398 g/mol. The summed E-state index contributed by atoms with van der Waals surface area (Å²) in [6, 6.07) is 27.2. The highest BCUT2D eigenvalue weighted by atomic mass is 16.4. The van der Waals surface area contributed by atoms with Crippen LogP contribution in [0.25, 0.3) is 0 Å². The van der Waals surface area contributed by atoms with Crippen molar-refractivity contribution >= 4 is 0 Å². The van der Waals surface area contributed by atoms with Crippen molar-refractivity contribution in [3.05, 3.63) is 119 Å². The molecule has 166 valence electrons. The van der Waals surface area contributed by atoms with Crippen LogP contribution in [0.2, 0.25) is 0 Å². The second kappa shape index (κ2) is 9.60. The summed E-state index contributed by atoms with van der Waals surface area (Å²) >= 11 is 0. The van der Waals surface area contributed by atoms with Crippen LogP contribution in [0.15, 0.2) is 93.8 Å². The van der Waals surface area contributed by atoms with E-state index >= 15 is 0 Å². The summed E-state index contributed by atoms with van der Waals surface area (Å²) < 4.78 is 12.1. The van der Waals surface area contributed by atoms with Crippen LogP contribution >= 0.6 is 0 Å². The Labute approximate surface area is 190 Å². The lowest BCUT2D eigenvalue weighted by Gasteiger charge is -2.27. The van der Waals surface area contributed by atoms with Crippen molar-refractivity contribution in [2.24, 2.45) is 5.92 Å². The first-order valence-electron chi connectivity index (χ1n) is 11.2. The molecule has 2 aromatic heterocycles. The third kappa shape index (κ3) is 4.87. The summed E-state index contributed by atoms with van der Waals surface area (Å²) in [6.45, 7) is 8.64. The van der Waals surface area contributed by atoms with E-state index in [1.54, 1.807) is 0 Å². The molecule has 0 unspecified atom stereocenters. The second-order valence-corrected chi connectivity index (χ2v) is 8.78. The van der Waals surface area contributed by atoms with Crippen molar-refractivity contribution in [2.45, 2.75) is 39.5 Å². The minimum Gasteiger partial charge on any atom is -0.465 e. The van der Waals surface area contributed by atoms with Gasteiger partial charge in [0.05, 0.1) is 13.1 Å². The van der Waals surface area contributed by atoms with Crippen molar-refractivity contribution in [2.75, 3.05) is 6.54 Å². The fraction of sp³-hybridized carbons (Fsp3) is 0.286. The van der Waals surface area contributed by atoms with Gasteiger partial charge in [-0.25, -0.2) is 0 Å². The zero-order valence-electron chi connectivity index (χ0n) is 19.0. The van der Waals surface area contributed by atoms with Gasteiger partial charge in [-0.05, 0) is 48.2 Å². The minimum absolute atomic E-state index is 0.506. The first-order valence-corrected chi connectivity index (χ1v) is 11.2. The molecule has 2 aromatic carbocycles. The summed E-state index contributed by atoms with van der Waals surface area (Å²) in [5.74, 6) is 3.70. The second-order valence-electron chi connectivity index (χ2n) is 8.78. The van der Waals surface area contributed by atoms with Crippen molar-refractivity contribution in [3.8, 4) is 0 Å². The third-order valence-corrected chi connectivity index (χ3v) is 5.58. The molecule has 32 heavy (non-hydrogen) atoms. The molecule has 2 heterocycles. The van der Waals surface area contributed by atoms with Crippen molar-refractivity contribution in [3.63, 3.8) is 0 Å². The predicted octanol–water partition coefficient (Wildman–Crippen LogP) is 6.12. The maximum Gasteiger partial charge on any atom is 0.173 e. The third-order valence-electron chi connectivity index (χ3n) is 5.58. The van der Waals surface area contributed by atoms with Gasteiger partial charge in [-0.2, -0.15) is 0 Å². The van der Waals surface area contributed by atoms with E-state index in [-0.39, 0.29) is 0 Å². The number of furan rings is 2. The van der Waals surface area contributed by atoms with Crippen LogP contribution in [-0.2, 0) is 18.7 Å². The Bertz CT molecular complexity index is 1070. The zero-order chi connectivity index (χ0) is 22.6. The summed E-state index contributed by atoms with van der Waals surface area (Å²) in [5.41, 5.74) is 0.191. The molecule has 0 amide bonds. The van der Waals surface area contributed by atoms with Gasteiger partial charge < -0.3 is 13.9 Å². The van der Waals surface area contributed by atoms with Gasteiger partial charge in [0, 0.05) is 6.54 Å². The van der Waals surface area contributed by atoms with Crippen LogP contribution in [0.3, 0.4) is 0 Å². The average Bonchev–Trinajstić information content (AvgIpc) is 3.43. The van der Waals surface area contributed by atoms with Crippen LogP contribution in [0.5, 0.6) is 0 Å². The van der Waals surface area contributed by atoms with Gasteiger partial charge in [0.15, 0.2) is 5.60 Å². The number of aryl methyl sites for hydroxylation is 1. The van der Waals surface area contributed by atoms with Crippen LogP contribution in [0.4, 0.5) is 0 Å². The molecule has 4 aromatic rings. The summed E-state index contributed by atoms with van der Waals surface area (Å²) in [4.78, 5) is 2.32. The highest BCUT2D eigenvalue weighted by Crippen LogP contribution is 2.37. The van der Waals surface area contributed by atoms with E-state index < -0.39 is 5.60 Å². The Balaban J connectivity index is 1.63. The molecule has 0 saturated heterocycles. The predicted molar refractivity (Wildman–Crippen MR) is 126 cm³/mol. The highest BCUT2D eigenvalue weighted by Gasteiger charge is 2.37. The van der Waals surface area contributed by atoms with Crippen LogP contribution in [-0.4, -0.2) is 16.6 Å². The number of hydrogen-bond acceptors (Lipinski definition) is 4. The van der Waals surface area contributed by atoms with Crippen LogP contribution < -0.4 is 0 Å². The lowest BCUT2D eigenvalue weighted by molar-refractivity contribution is 0.0945. The highest BCUT2D eigenvalue weighted by molar-refractivity contribution is 5.43. The molecule has 4 heteroatoms. The average molecular weight is 430 g/mol. The number of aliphatic hydroxyl groups is 1. The van der Waals surface area contributed by atoms with Crippen LogP contribution in [0.1, 0.15) is 48.0 Å². The Morgan fingerprint density at radius 2 is 1.28 bits per heavy atom. The quantitative estimate of drug-likeness (QED) is 0.348. The van der Waals surface area contributed by atoms with Gasteiger partial charge in [-0.1, -0.05) is 74.5 Å². The van der Waals surface area contributed by atoms with E-state index in [0.717, 1.165) is 35.0 Å². The van der Waals surface area contributed by atoms with Gasteiger partial charge in [0.1, 0.15) is 23.0 Å². The van der Waals surface area contributed by atoms with Crippen molar-refractivity contribution in [1.82, 2.24) is 4.90 Å². The first kappa shape index (κ1) is 22.1. The van der Waals surface area contributed by atoms with E-state index in [9.17, 15) is 5.11 Å². The molecule has 0 atom stereocenters. The lowest BCUT2D eigenvalue weighted by atomic mass is 9.84. The topological polar surface area (TPSA) is 49.8 Å².